The molecule has 6 aromatic heterocycles. The van der Waals surface area contributed by atoms with E-state index in [1.54, 1.807) is 41.5 Å². The number of rotatable bonds is 7. The fourth-order valence-corrected chi connectivity index (χ4v) is 10.3. The fourth-order valence-electron chi connectivity index (χ4n) is 7.75. The number of carbonyl (C=O) groups is 2. The van der Waals surface area contributed by atoms with Gasteiger partial charge in [0.2, 0.25) is 5.91 Å². The van der Waals surface area contributed by atoms with Crippen LogP contribution in [0.2, 0.25) is 0 Å². The van der Waals surface area contributed by atoms with E-state index in [1.807, 2.05) is 36.6 Å². The third-order valence-electron chi connectivity index (χ3n) is 11.0. The van der Waals surface area contributed by atoms with Crippen LogP contribution in [0.5, 0.6) is 0 Å². The molecule has 0 spiro atoms. The number of carbonyl (C=O) groups excluding carboxylic acids is 1. The van der Waals surface area contributed by atoms with Crippen LogP contribution in [-0.4, -0.2) is 77.3 Å². The van der Waals surface area contributed by atoms with Gasteiger partial charge in [-0.15, -0.1) is 22.7 Å². The number of fused-ring (bicyclic) bond motifs is 8. The Hall–Kier alpha value is -5.74. The predicted octanol–water partition coefficient (Wildman–Crippen LogP) is 6.69. The molecule has 2 atom stereocenters. The summed E-state index contributed by atoms with van der Waals surface area (Å²) in [6.45, 7) is 5.39. The van der Waals surface area contributed by atoms with Gasteiger partial charge in [0.05, 0.1) is 64.9 Å². The van der Waals surface area contributed by atoms with Crippen molar-refractivity contribution in [3.05, 3.63) is 80.6 Å². The number of amides is 1. The van der Waals surface area contributed by atoms with E-state index in [4.69, 9.17) is 0 Å². The smallest absolute Gasteiger partial charge is 0.306 e. The summed E-state index contributed by atoms with van der Waals surface area (Å²) in [5.41, 5.74) is 8.27. The number of nitrogens with one attached hydrogen (secondary N) is 2. The van der Waals surface area contributed by atoms with E-state index in [0.717, 1.165) is 96.5 Å². The number of aryl methyl sites for hydroxylation is 2. The summed E-state index contributed by atoms with van der Waals surface area (Å²) in [5.74, 6) is 0.811. The van der Waals surface area contributed by atoms with Gasteiger partial charge in [-0.1, -0.05) is 0 Å². The number of aliphatic carboxylic acids is 1. The van der Waals surface area contributed by atoms with Crippen LogP contribution in [0.4, 0.5) is 23.0 Å². The monoisotopic (exact) mass is 785 g/mol. The van der Waals surface area contributed by atoms with Crippen LogP contribution in [0.15, 0.2) is 47.2 Å². The average molecular weight is 786 g/mol. The summed E-state index contributed by atoms with van der Waals surface area (Å²) >= 11 is 3.26. The van der Waals surface area contributed by atoms with Crippen LogP contribution in [-0.2, 0) is 48.4 Å². The Morgan fingerprint density at radius 1 is 0.750 bits per heavy atom. The summed E-state index contributed by atoms with van der Waals surface area (Å²) in [6, 6.07) is 4.29. The van der Waals surface area contributed by atoms with Crippen LogP contribution < -0.4 is 10.6 Å². The lowest BCUT2D eigenvalue weighted by Gasteiger charge is -2.29. The van der Waals surface area contributed by atoms with Crippen molar-refractivity contribution in [2.75, 3.05) is 17.7 Å². The minimum atomic E-state index is -0.719. The van der Waals surface area contributed by atoms with Gasteiger partial charge in [-0.2, -0.15) is 0 Å². The van der Waals surface area contributed by atoms with Crippen LogP contribution in [0.1, 0.15) is 70.1 Å². The van der Waals surface area contributed by atoms with Gasteiger partial charge in [0.1, 0.15) is 34.0 Å². The fraction of sp³-hybridized carbons (Fsp3) is 0.350. The van der Waals surface area contributed by atoms with E-state index >= 15 is 0 Å². The molecule has 1 amide bonds. The number of nitrogens with zero attached hydrogens (tertiary/aromatic N) is 9. The number of carboxylic acids is 1. The molecule has 284 valence electrons. The maximum absolute atomic E-state index is 12.8. The zero-order valence-electron chi connectivity index (χ0n) is 31.1. The Bertz CT molecular complexity index is 2600. The first kappa shape index (κ1) is 35.9. The first-order valence-electron chi connectivity index (χ1n) is 18.7. The highest BCUT2D eigenvalue weighted by Gasteiger charge is 2.32. The summed E-state index contributed by atoms with van der Waals surface area (Å²) in [5, 5.41) is 18.2. The van der Waals surface area contributed by atoms with E-state index in [1.165, 1.54) is 16.0 Å². The molecule has 0 unspecified atom stereocenters. The number of thiophene rings is 2. The number of carboxylic acid groups (broad SMARTS) is 1. The summed E-state index contributed by atoms with van der Waals surface area (Å²) in [7, 11) is 1.90. The second kappa shape index (κ2) is 14.7. The number of aromatic nitrogens is 6. The standard InChI is InChI=1S/C22H24N6OS.C18H15N5O2S/c1-12(2)28(3)22(29)13-4-5-16-18(7-13)30-21-19(16)20(25-11-26-21)27-15-6-14-8-23-10-17(14)24-9-15;24-18(25)9-1-2-12-14(4-9)26-17-15(12)16(21-8-22-17)23-11-3-10-5-19-7-13(10)20-6-11/h6,8-9,11-13H,4-5,7,10H2,1-3H3,(H,25,26,27);3,5-6,8-9H,1-2,4,7H2,(H,24,25)(H,21,22,23)/t13-;9-/m00/s1. The summed E-state index contributed by atoms with van der Waals surface area (Å²) in [4.78, 5) is 65.6. The molecule has 16 heteroatoms. The SMILES string of the molecule is CC(C)N(C)C(=O)[C@H]1CCc2c(sc3ncnc(Nc4cnc5c(c4)C=NC5)c23)C1.O=C(O)[C@H]1CCc2c(sc3ncnc(Nc4cnc5c(c4)C=NC5)c23)C1. The van der Waals surface area contributed by atoms with Gasteiger partial charge in [0.15, 0.2) is 0 Å². The molecular formula is C40H39N11O3S2. The van der Waals surface area contributed by atoms with Crippen molar-refractivity contribution in [2.24, 2.45) is 21.8 Å². The largest absolute Gasteiger partial charge is 0.481 e. The van der Waals surface area contributed by atoms with Crippen molar-refractivity contribution >= 4 is 90.4 Å². The topological polar surface area (TPSA) is 184 Å². The molecule has 2 aliphatic heterocycles. The minimum Gasteiger partial charge on any atom is -0.481 e. The highest BCUT2D eigenvalue weighted by atomic mass is 32.1. The lowest BCUT2D eigenvalue weighted by Crippen LogP contribution is -2.39. The van der Waals surface area contributed by atoms with Crippen LogP contribution >= 0.6 is 22.7 Å². The Labute approximate surface area is 330 Å². The van der Waals surface area contributed by atoms with Crippen LogP contribution in [0.3, 0.4) is 0 Å². The zero-order valence-corrected chi connectivity index (χ0v) is 32.7. The minimum absolute atomic E-state index is 0.0440. The molecule has 10 rings (SSSR count). The van der Waals surface area contributed by atoms with Crippen molar-refractivity contribution in [2.45, 2.75) is 71.5 Å². The number of pyridine rings is 2. The van der Waals surface area contributed by atoms with Crippen LogP contribution in [0.25, 0.3) is 20.4 Å². The first-order chi connectivity index (χ1) is 27.2. The Morgan fingerprint density at radius 3 is 1.75 bits per heavy atom. The van der Waals surface area contributed by atoms with Crippen molar-refractivity contribution in [1.29, 1.82) is 0 Å². The molecule has 14 nitrogen and oxygen atoms in total. The van der Waals surface area contributed by atoms with Gasteiger partial charge in [0, 0.05) is 52.3 Å². The third-order valence-corrected chi connectivity index (χ3v) is 13.3. The molecule has 3 N–H and O–H groups in total. The normalized spacial score (nSPS) is 17.6. The maximum atomic E-state index is 12.8. The predicted molar refractivity (Wildman–Crippen MR) is 219 cm³/mol. The second-order valence-electron chi connectivity index (χ2n) is 14.8. The van der Waals surface area contributed by atoms with Crippen molar-refractivity contribution in [3.8, 4) is 0 Å². The molecule has 0 saturated carbocycles. The highest BCUT2D eigenvalue weighted by molar-refractivity contribution is 7.19. The van der Waals surface area contributed by atoms with Gasteiger partial charge in [0.25, 0.3) is 0 Å². The Morgan fingerprint density at radius 2 is 1.25 bits per heavy atom. The molecule has 0 aromatic carbocycles. The number of aliphatic imine (C=N–C) groups is 2. The van der Waals surface area contributed by atoms with Crippen molar-refractivity contribution in [3.63, 3.8) is 0 Å². The molecule has 56 heavy (non-hydrogen) atoms. The second-order valence-corrected chi connectivity index (χ2v) is 16.9. The molecule has 0 saturated heterocycles. The van der Waals surface area contributed by atoms with Crippen molar-refractivity contribution < 1.29 is 14.7 Å². The number of anilines is 4. The molecule has 4 aliphatic rings. The van der Waals surface area contributed by atoms with Gasteiger partial charge >= 0.3 is 5.97 Å². The molecule has 0 bridgehead atoms. The lowest BCUT2D eigenvalue weighted by molar-refractivity contribution is -0.142. The summed E-state index contributed by atoms with van der Waals surface area (Å²) < 4.78 is 0. The molecule has 6 aromatic rings. The Balaban J connectivity index is 0.000000148. The lowest BCUT2D eigenvalue weighted by atomic mass is 9.86. The van der Waals surface area contributed by atoms with Gasteiger partial charge in [-0.25, -0.2) is 19.9 Å². The van der Waals surface area contributed by atoms with Crippen LogP contribution in [0, 0.1) is 11.8 Å². The average Bonchev–Trinajstić information content (AvgIpc) is 4.01. The zero-order chi connectivity index (χ0) is 38.5. The van der Waals surface area contributed by atoms with Gasteiger partial charge in [-0.3, -0.25) is 29.5 Å². The third kappa shape index (κ3) is 6.76. The number of hydrogen-bond donors (Lipinski definition) is 3. The highest BCUT2D eigenvalue weighted by Crippen LogP contribution is 2.42. The van der Waals surface area contributed by atoms with E-state index in [9.17, 15) is 14.7 Å². The molecule has 0 radical (unpaired) electrons. The molecule has 8 heterocycles. The van der Waals surface area contributed by atoms with E-state index in [-0.39, 0.29) is 23.8 Å². The molecule has 2 aliphatic carbocycles. The maximum Gasteiger partial charge on any atom is 0.306 e. The van der Waals surface area contributed by atoms with E-state index in [2.05, 4.69) is 70.4 Å². The quantitative estimate of drug-likeness (QED) is 0.157. The van der Waals surface area contributed by atoms with Gasteiger partial charge in [-0.05, 0) is 75.6 Å². The van der Waals surface area contributed by atoms with Gasteiger partial charge < -0.3 is 20.6 Å². The summed E-state index contributed by atoms with van der Waals surface area (Å²) in [6.07, 6.45) is 14.9. The Kier molecular flexibility index (Phi) is 9.45. The van der Waals surface area contributed by atoms with E-state index in [0.29, 0.717) is 25.9 Å². The number of hydrogen-bond acceptors (Lipinski definition) is 14. The van der Waals surface area contributed by atoms with E-state index < -0.39 is 5.97 Å². The molecular weight excluding hydrogens is 747 g/mol. The molecule has 0 fully saturated rings. The first-order valence-corrected chi connectivity index (χ1v) is 20.3. The van der Waals surface area contributed by atoms with Crippen molar-refractivity contribution in [1.82, 2.24) is 34.8 Å².